The molecule has 33 heavy (non-hydrogen) atoms. The summed E-state index contributed by atoms with van der Waals surface area (Å²) in [5.74, 6) is -0.0360. The van der Waals surface area contributed by atoms with Crippen molar-refractivity contribution in [2.45, 2.75) is 56.7 Å². The molecule has 0 fully saturated rings. The van der Waals surface area contributed by atoms with Crippen molar-refractivity contribution >= 4 is 28.6 Å². The van der Waals surface area contributed by atoms with Gasteiger partial charge in [0, 0.05) is 39.3 Å². The van der Waals surface area contributed by atoms with Gasteiger partial charge in [0.05, 0.1) is 10.9 Å². The molecular formula is C26H34N4O2S. The van der Waals surface area contributed by atoms with E-state index in [1.807, 2.05) is 54.6 Å². The quantitative estimate of drug-likeness (QED) is 0.345. The molecule has 1 amide bonds. The number of aromatic nitrogens is 2. The highest BCUT2D eigenvalue weighted by atomic mass is 32.2. The van der Waals surface area contributed by atoms with E-state index >= 15 is 0 Å². The van der Waals surface area contributed by atoms with Crippen molar-refractivity contribution in [3.05, 3.63) is 70.5 Å². The molecule has 0 saturated carbocycles. The fraction of sp³-hybridized carbons (Fsp3) is 0.423. The average molecular weight is 467 g/mol. The van der Waals surface area contributed by atoms with Crippen molar-refractivity contribution in [1.82, 2.24) is 19.4 Å². The van der Waals surface area contributed by atoms with E-state index in [0.717, 1.165) is 12.1 Å². The van der Waals surface area contributed by atoms with E-state index in [0.29, 0.717) is 34.7 Å². The summed E-state index contributed by atoms with van der Waals surface area (Å²) in [4.78, 5) is 35.4. The normalized spacial score (nSPS) is 12.6. The van der Waals surface area contributed by atoms with E-state index in [9.17, 15) is 9.59 Å². The first kappa shape index (κ1) is 25.0. The molecule has 1 atom stereocenters. The summed E-state index contributed by atoms with van der Waals surface area (Å²) in [5, 5.41) is 0.666. The zero-order valence-electron chi connectivity index (χ0n) is 20.4. The average Bonchev–Trinajstić information content (AvgIpc) is 2.78. The number of fused-ring (bicyclic) bond motifs is 1. The molecule has 0 spiro atoms. The number of rotatable bonds is 9. The minimum absolute atomic E-state index is 0.0360. The van der Waals surface area contributed by atoms with E-state index in [4.69, 9.17) is 4.98 Å². The minimum atomic E-state index is -0.494. The topological polar surface area (TPSA) is 58.4 Å². The van der Waals surface area contributed by atoms with Crippen LogP contribution in [0.5, 0.6) is 0 Å². The molecule has 2 aromatic carbocycles. The number of benzene rings is 2. The highest BCUT2D eigenvalue weighted by molar-refractivity contribution is 8.00. The monoisotopic (exact) mass is 466 g/mol. The standard InChI is InChI=1S/C26H34N4O2S/c1-18(2)29(19(3)4)16-17-30-24(31)21-14-10-11-15-22(21)27-26(30)33-23(25(32)28(5)6)20-12-8-7-9-13-20/h7-15,18-19,23H,16-17H2,1-6H3. The maximum Gasteiger partial charge on any atom is 0.262 e. The van der Waals surface area contributed by atoms with Gasteiger partial charge >= 0.3 is 0 Å². The van der Waals surface area contributed by atoms with Crippen molar-refractivity contribution in [3.63, 3.8) is 0 Å². The fourth-order valence-corrected chi connectivity index (χ4v) is 5.26. The molecule has 0 aliphatic heterocycles. The second-order valence-electron chi connectivity index (χ2n) is 8.93. The van der Waals surface area contributed by atoms with Crippen molar-refractivity contribution in [2.75, 3.05) is 20.6 Å². The highest BCUT2D eigenvalue weighted by Crippen LogP contribution is 2.35. The Morgan fingerprint density at radius 2 is 1.58 bits per heavy atom. The maximum absolute atomic E-state index is 13.5. The Bertz CT molecular complexity index is 1130. The van der Waals surface area contributed by atoms with E-state index < -0.39 is 5.25 Å². The molecule has 1 unspecified atom stereocenters. The third kappa shape index (κ3) is 5.84. The van der Waals surface area contributed by atoms with Gasteiger partial charge in [0.25, 0.3) is 5.56 Å². The number of nitrogens with zero attached hydrogens (tertiary/aromatic N) is 4. The van der Waals surface area contributed by atoms with Gasteiger partial charge in [0.2, 0.25) is 5.91 Å². The number of para-hydroxylation sites is 1. The summed E-state index contributed by atoms with van der Waals surface area (Å²) in [6, 6.07) is 17.8. The van der Waals surface area contributed by atoms with Gasteiger partial charge in [-0.15, -0.1) is 0 Å². The maximum atomic E-state index is 13.5. The van der Waals surface area contributed by atoms with Crippen LogP contribution in [0, 0.1) is 0 Å². The molecule has 0 aliphatic rings. The number of hydrogen-bond acceptors (Lipinski definition) is 5. The van der Waals surface area contributed by atoms with Gasteiger partial charge in [-0.25, -0.2) is 4.98 Å². The lowest BCUT2D eigenvalue weighted by atomic mass is 10.1. The van der Waals surface area contributed by atoms with Crippen molar-refractivity contribution in [3.8, 4) is 0 Å². The lowest BCUT2D eigenvalue weighted by Crippen LogP contribution is -2.40. The summed E-state index contributed by atoms with van der Waals surface area (Å²) >= 11 is 1.34. The van der Waals surface area contributed by atoms with E-state index in [2.05, 4.69) is 32.6 Å². The van der Waals surface area contributed by atoms with Crippen LogP contribution in [0.4, 0.5) is 0 Å². The highest BCUT2D eigenvalue weighted by Gasteiger charge is 2.26. The number of hydrogen-bond donors (Lipinski definition) is 0. The van der Waals surface area contributed by atoms with Crippen LogP contribution in [-0.2, 0) is 11.3 Å². The van der Waals surface area contributed by atoms with Crippen LogP contribution in [0.25, 0.3) is 10.9 Å². The van der Waals surface area contributed by atoms with Crippen LogP contribution in [0.3, 0.4) is 0 Å². The van der Waals surface area contributed by atoms with Crippen LogP contribution in [-0.4, -0.2) is 58.0 Å². The molecule has 0 aliphatic carbocycles. The van der Waals surface area contributed by atoms with E-state index in [-0.39, 0.29) is 11.5 Å². The summed E-state index contributed by atoms with van der Waals surface area (Å²) in [5.41, 5.74) is 1.47. The lowest BCUT2D eigenvalue weighted by Gasteiger charge is -2.31. The van der Waals surface area contributed by atoms with E-state index in [1.165, 1.54) is 11.8 Å². The molecular weight excluding hydrogens is 432 g/mol. The Kier molecular flexibility index (Phi) is 8.32. The number of thioether (sulfide) groups is 1. The Hall–Kier alpha value is -2.64. The van der Waals surface area contributed by atoms with Crippen LogP contribution in [0.15, 0.2) is 64.5 Å². The van der Waals surface area contributed by atoms with Gasteiger partial charge in [-0.1, -0.05) is 54.2 Å². The molecule has 6 nitrogen and oxygen atoms in total. The Morgan fingerprint density at radius 3 is 2.18 bits per heavy atom. The number of amides is 1. The molecule has 1 aromatic heterocycles. The lowest BCUT2D eigenvalue weighted by molar-refractivity contribution is -0.128. The van der Waals surface area contributed by atoms with Gasteiger partial charge in [0.15, 0.2) is 5.16 Å². The first-order chi connectivity index (χ1) is 15.7. The Balaban J connectivity index is 2.08. The second-order valence-corrected chi connectivity index (χ2v) is 10.0. The SMILES string of the molecule is CC(C)N(CCn1c(SC(C(=O)N(C)C)c2ccccc2)nc2ccccc2c1=O)C(C)C. The first-order valence-electron chi connectivity index (χ1n) is 11.4. The second kappa shape index (κ2) is 11.0. The van der Waals surface area contributed by atoms with Crippen molar-refractivity contribution < 1.29 is 4.79 Å². The molecule has 0 saturated heterocycles. The zero-order valence-corrected chi connectivity index (χ0v) is 21.2. The minimum Gasteiger partial charge on any atom is -0.348 e. The number of likely N-dealkylation sites (N-methyl/N-ethyl adjacent to an activating group) is 1. The van der Waals surface area contributed by atoms with Crippen molar-refractivity contribution in [1.29, 1.82) is 0 Å². The smallest absolute Gasteiger partial charge is 0.262 e. The summed E-state index contributed by atoms with van der Waals surface area (Å²) < 4.78 is 1.74. The summed E-state index contributed by atoms with van der Waals surface area (Å²) in [6.45, 7) is 9.89. The van der Waals surface area contributed by atoms with Crippen LogP contribution < -0.4 is 5.56 Å². The zero-order chi connectivity index (χ0) is 24.1. The van der Waals surface area contributed by atoms with Crippen molar-refractivity contribution in [2.24, 2.45) is 0 Å². The summed E-state index contributed by atoms with van der Waals surface area (Å²) in [6.07, 6.45) is 0. The Morgan fingerprint density at radius 1 is 0.970 bits per heavy atom. The van der Waals surface area contributed by atoms with Gasteiger partial charge in [-0.2, -0.15) is 0 Å². The third-order valence-electron chi connectivity index (χ3n) is 5.73. The van der Waals surface area contributed by atoms with Crippen LogP contribution in [0.1, 0.15) is 38.5 Å². The van der Waals surface area contributed by atoms with E-state index in [1.54, 1.807) is 23.6 Å². The molecule has 0 bridgehead atoms. The molecule has 7 heteroatoms. The third-order valence-corrected chi connectivity index (χ3v) is 6.96. The fourth-order valence-electron chi connectivity index (χ4n) is 3.99. The number of carbonyl (C=O) groups is 1. The molecule has 3 rings (SSSR count). The van der Waals surface area contributed by atoms with Gasteiger partial charge in [0.1, 0.15) is 5.25 Å². The predicted molar refractivity (Wildman–Crippen MR) is 137 cm³/mol. The predicted octanol–water partition coefficient (Wildman–Crippen LogP) is 4.44. The largest absolute Gasteiger partial charge is 0.348 e. The molecule has 0 radical (unpaired) electrons. The first-order valence-corrected chi connectivity index (χ1v) is 12.3. The number of carbonyl (C=O) groups excluding carboxylic acids is 1. The molecule has 3 aromatic rings. The van der Waals surface area contributed by atoms with Crippen LogP contribution >= 0.6 is 11.8 Å². The van der Waals surface area contributed by atoms with Gasteiger partial charge < -0.3 is 4.90 Å². The summed E-state index contributed by atoms with van der Waals surface area (Å²) in [7, 11) is 3.51. The van der Waals surface area contributed by atoms with Crippen LogP contribution in [0.2, 0.25) is 0 Å². The van der Waals surface area contributed by atoms with Gasteiger partial charge in [-0.05, 0) is 45.4 Å². The van der Waals surface area contributed by atoms with Gasteiger partial charge in [-0.3, -0.25) is 19.1 Å². The Labute approximate surface area is 200 Å². The molecule has 1 heterocycles. The molecule has 0 N–H and O–H groups in total. The molecule has 176 valence electrons.